The third-order valence-electron chi connectivity index (χ3n) is 13.6. The molecule has 8 atom stereocenters. The van der Waals surface area contributed by atoms with Crippen LogP contribution in [0.2, 0.25) is 0 Å². The molecule has 0 aromatic carbocycles. The van der Waals surface area contributed by atoms with Crippen molar-refractivity contribution in [2.45, 2.75) is 269 Å². The van der Waals surface area contributed by atoms with E-state index in [1.165, 1.54) is 44.9 Å². The van der Waals surface area contributed by atoms with Crippen molar-refractivity contribution >= 4 is 11.9 Å². The molecule has 11 heteroatoms. The minimum Gasteiger partial charge on any atom is -0.454 e. The maximum absolute atomic E-state index is 13.4. The minimum atomic E-state index is -1.64. The number of carbonyl (C=O) groups is 2. The lowest BCUT2D eigenvalue weighted by Gasteiger charge is -2.41. The van der Waals surface area contributed by atoms with Crippen LogP contribution in [0.5, 0.6) is 0 Å². The van der Waals surface area contributed by atoms with E-state index in [-0.39, 0.29) is 19.4 Å². The molecule has 11 nitrogen and oxygen atoms in total. The number of nitrogens with one attached hydrogen (secondary N) is 1. The first-order valence-corrected chi connectivity index (χ1v) is 31.0. The van der Waals surface area contributed by atoms with E-state index in [4.69, 9.17) is 14.2 Å². The molecule has 0 bridgehead atoms. The van der Waals surface area contributed by atoms with Gasteiger partial charge in [0.15, 0.2) is 12.4 Å². The Morgan fingerprint density at radius 2 is 0.975 bits per heavy atom. The highest BCUT2D eigenvalue weighted by Gasteiger charge is 2.47. The predicted octanol–water partition coefficient (Wildman–Crippen LogP) is 14.8. The molecule has 8 unspecified atom stereocenters. The lowest BCUT2D eigenvalue weighted by molar-refractivity contribution is -0.305. The van der Waals surface area contributed by atoms with Crippen LogP contribution in [0.3, 0.4) is 0 Å². The third-order valence-corrected chi connectivity index (χ3v) is 13.6. The van der Waals surface area contributed by atoms with Crippen molar-refractivity contribution in [1.82, 2.24) is 5.32 Å². The number of rotatable bonds is 50. The normalized spacial score (nSPS) is 19.8. The van der Waals surface area contributed by atoms with Gasteiger partial charge in [0.2, 0.25) is 5.91 Å². The summed E-state index contributed by atoms with van der Waals surface area (Å²) < 4.78 is 17.5. The van der Waals surface area contributed by atoms with Crippen LogP contribution in [0.25, 0.3) is 0 Å². The van der Waals surface area contributed by atoms with E-state index in [1.54, 1.807) is 6.08 Å². The number of aliphatic hydroxyl groups excluding tert-OH is 5. The Balaban J connectivity index is 2.64. The van der Waals surface area contributed by atoms with Gasteiger partial charge in [0, 0.05) is 6.42 Å². The zero-order chi connectivity index (χ0) is 57.5. The van der Waals surface area contributed by atoms with Gasteiger partial charge in [-0.1, -0.05) is 251 Å². The van der Waals surface area contributed by atoms with Gasteiger partial charge in [-0.3, -0.25) is 9.59 Å². The first-order valence-electron chi connectivity index (χ1n) is 31.0. The largest absolute Gasteiger partial charge is 0.454 e. The van der Waals surface area contributed by atoms with E-state index < -0.39 is 67.4 Å². The van der Waals surface area contributed by atoms with Crippen LogP contribution < -0.4 is 5.32 Å². The molecule has 0 saturated carbocycles. The van der Waals surface area contributed by atoms with Crippen LogP contribution in [-0.4, -0.2) is 99.6 Å². The number of ether oxygens (including phenoxy) is 3. The average molecular weight is 1100 g/mol. The van der Waals surface area contributed by atoms with Gasteiger partial charge in [0.25, 0.3) is 0 Å². The van der Waals surface area contributed by atoms with E-state index in [0.717, 1.165) is 128 Å². The summed E-state index contributed by atoms with van der Waals surface area (Å²) in [5, 5.41) is 56.9. The summed E-state index contributed by atoms with van der Waals surface area (Å²) in [5.41, 5.74) is 0. The number of unbranched alkanes of at least 4 members (excludes halogenated alkanes) is 19. The molecule has 448 valence electrons. The monoisotopic (exact) mass is 1100 g/mol. The quantitative estimate of drug-likeness (QED) is 0.0149. The van der Waals surface area contributed by atoms with Gasteiger partial charge in [-0.05, 0) is 96.3 Å². The molecule has 6 N–H and O–H groups in total. The van der Waals surface area contributed by atoms with E-state index in [1.807, 2.05) is 42.5 Å². The van der Waals surface area contributed by atoms with Gasteiger partial charge in [-0.25, -0.2) is 0 Å². The molecule has 0 spiro atoms. The zero-order valence-electron chi connectivity index (χ0n) is 49.4. The molecule has 1 aliphatic rings. The molecule has 0 radical (unpaired) electrons. The minimum absolute atomic E-state index is 0.0694. The molecule has 1 heterocycles. The van der Waals surface area contributed by atoms with Crippen molar-refractivity contribution in [3.05, 3.63) is 134 Å². The van der Waals surface area contributed by atoms with E-state index >= 15 is 0 Å². The topological polar surface area (TPSA) is 175 Å². The Bertz CT molecular complexity index is 1790. The standard InChI is InChI=1S/C68H111NO10/c1-4-7-10-13-16-19-22-24-25-26-27-28-29-30-31-32-33-34-35-36-38-40-43-46-49-52-55-61(72)67(76)69-59(60(71)54-51-48-45-42-39-21-18-15-12-9-6-3)58-77-68-66(65(75)64(74)62(57-70)78-68)79-63(73)56-53-50-47-44-41-37-23-20-17-14-11-8-5-2/h7-8,10-11,14,16-17,19-20,23-25,27-28,30-31,33-34,37,41,51,54,59-62,64-66,68,70-72,74-75H,4-6,9,12-13,15,18,21-22,26,29,32,35-36,38-40,42-50,52-53,55-58H2,1-3H3,(H,69,76)/b10-7-,11-8+,17-14+,19-16-,23-20-,25-24-,28-27-,31-30-,34-33-,41-37-,54-51+. The second-order valence-corrected chi connectivity index (χ2v) is 20.8. The number of amides is 1. The summed E-state index contributed by atoms with van der Waals surface area (Å²) in [7, 11) is 0. The smallest absolute Gasteiger partial charge is 0.306 e. The second kappa shape index (κ2) is 54.4. The van der Waals surface area contributed by atoms with Crippen molar-refractivity contribution in [1.29, 1.82) is 0 Å². The summed E-state index contributed by atoms with van der Waals surface area (Å²) in [4.78, 5) is 26.5. The highest BCUT2D eigenvalue weighted by molar-refractivity contribution is 5.80. The average Bonchev–Trinajstić information content (AvgIpc) is 3.44. The van der Waals surface area contributed by atoms with Gasteiger partial charge >= 0.3 is 5.97 Å². The Morgan fingerprint density at radius 3 is 1.52 bits per heavy atom. The van der Waals surface area contributed by atoms with Crippen molar-refractivity contribution in [3.8, 4) is 0 Å². The molecular weight excluding hydrogens is 991 g/mol. The lowest BCUT2D eigenvalue weighted by atomic mass is 9.99. The highest BCUT2D eigenvalue weighted by atomic mass is 16.7. The van der Waals surface area contributed by atoms with Gasteiger partial charge in [-0.2, -0.15) is 0 Å². The summed E-state index contributed by atoms with van der Waals surface area (Å²) in [6.07, 6.45) is 66.4. The van der Waals surface area contributed by atoms with Gasteiger partial charge in [-0.15, -0.1) is 0 Å². The number of aliphatic hydroxyl groups is 5. The lowest BCUT2D eigenvalue weighted by Crippen LogP contribution is -2.61. The fraction of sp³-hybridized carbons (Fsp3) is 0.647. The zero-order valence-corrected chi connectivity index (χ0v) is 49.4. The summed E-state index contributed by atoms with van der Waals surface area (Å²) in [5.74, 6) is -1.26. The molecule has 79 heavy (non-hydrogen) atoms. The molecule has 0 aromatic heterocycles. The van der Waals surface area contributed by atoms with Crippen molar-refractivity contribution in [3.63, 3.8) is 0 Å². The van der Waals surface area contributed by atoms with Crippen LogP contribution in [0.15, 0.2) is 134 Å². The highest BCUT2D eigenvalue weighted by Crippen LogP contribution is 2.26. The Labute approximate surface area is 480 Å². The van der Waals surface area contributed by atoms with Crippen LogP contribution in [-0.2, 0) is 23.8 Å². The fourth-order valence-corrected chi connectivity index (χ4v) is 8.78. The van der Waals surface area contributed by atoms with Gasteiger partial charge in [0.05, 0.1) is 25.4 Å². The van der Waals surface area contributed by atoms with Crippen LogP contribution in [0, 0.1) is 0 Å². The molecule has 1 saturated heterocycles. The SMILES string of the molecule is CC/C=C\C/C=C\C/C=C\C/C=C\C/C=C\C/C=C\CCCCCCCCCC(O)C(=O)NC(COC1OC(CO)C(O)C(O)C1OC(=O)CCCCC\C=C/C=C\C=C\C=C\CC)C(O)/C=C/CCCCCCCCCCC. The Morgan fingerprint density at radius 1 is 0.519 bits per heavy atom. The maximum Gasteiger partial charge on any atom is 0.306 e. The first kappa shape index (κ1) is 72.8. The first-order chi connectivity index (χ1) is 38.7. The number of hydrogen-bond acceptors (Lipinski definition) is 10. The summed E-state index contributed by atoms with van der Waals surface area (Å²) in [6.45, 7) is 5.47. The van der Waals surface area contributed by atoms with E-state index in [0.29, 0.717) is 12.8 Å². The van der Waals surface area contributed by atoms with Crippen molar-refractivity contribution < 1.29 is 49.3 Å². The van der Waals surface area contributed by atoms with Crippen LogP contribution >= 0.6 is 0 Å². The summed E-state index contributed by atoms with van der Waals surface area (Å²) in [6, 6.07) is -1.05. The number of carbonyl (C=O) groups excluding carboxylic acids is 2. The Kier molecular flexibility index (Phi) is 50.1. The molecule has 1 rings (SSSR count). The van der Waals surface area contributed by atoms with Crippen LogP contribution in [0.1, 0.15) is 220 Å². The molecule has 0 aliphatic carbocycles. The van der Waals surface area contributed by atoms with E-state index in [9.17, 15) is 35.1 Å². The number of esters is 1. The number of allylic oxidation sites excluding steroid dienone is 21. The third kappa shape index (κ3) is 42.3. The molecule has 1 amide bonds. The van der Waals surface area contributed by atoms with Gasteiger partial charge in [0.1, 0.15) is 24.4 Å². The fourth-order valence-electron chi connectivity index (χ4n) is 8.78. The molecule has 1 aliphatic heterocycles. The molecule has 1 fully saturated rings. The summed E-state index contributed by atoms with van der Waals surface area (Å²) >= 11 is 0. The van der Waals surface area contributed by atoms with Crippen LogP contribution in [0.4, 0.5) is 0 Å². The van der Waals surface area contributed by atoms with Gasteiger partial charge < -0.3 is 45.1 Å². The molecular formula is C68H111NO10. The van der Waals surface area contributed by atoms with E-state index in [2.05, 4.69) is 111 Å². The Hall–Kier alpha value is -4.20. The molecule has 0 aromatic rings. The second-order valence-electron chi connectivity index (χ2n) is 20.8. The van der Waals surface area contributed by atoms with Crippen molar-refractivity contribution in [2.24, 2.45) is 0 Å². The maximum atomic E-state index is 13.4. The number of hydrogen-bond donors (Lipinski definition) is 6. The predicted molar refractivity (Wildman–Crippen MR) is 328 cm³/mol. The van der Waals surface area contributed by atoms with Crippen molar-refractivity contribution in [2.75, 3.05) is 13.2 Å².